The molecule has 1 aromatic rings. The van der Waals surface area contributed by atoms with Gasteiger partial charge >= 0.3 is 5.97 Å². The summed E-state index contributed by atoms with van der Waals surface area (Å²) < 4.78 is 0. The van der Waals surface area contributed by atoms with Gasteiger partial charge in [-0.05, 0) is 12.1 Å². The predicted octanol–water partition coefficient (Wildman–Crippen LogP) is -0.00290. The number of amides is 3. The Hall–Kier alpha value is -2.96. The number of rotatable bonds is 4. The summed E-state index contributed by atoms with van der Waals surface area (Å²) in [4.78, 5) is 46.7. The van der Waals surface area contributed by atoms with Gasteiger partial charge < -0.3 is 10.4 Å². The summed E-state index contributed by atoms with van der Waals surface area (Å²) in [5.41, 5.74) is -0.0728. The maximum Gasteiger partial charge on any atom is 0.351 e. The molecular formula is C13H10N2O5. The van der Waals surface area contributed by atoms with Crippen molar-refractivity contribution in [1.82, 2.24) is 10.2 Å². The number of carbonyl (C=O) groups excluding carboxylic acids is 3. The van der Waals surface area contributed by atoms with Gasteiger partial charge in [0, 0.05) is 0 Å². The second-order valence-corrected chi connectivity index (χ2v) is 4.07. The SMILES string of the molecule is C=C(NC(=O)CN1C(=O)c2ccccc2C1=O)C(=O)O. The molecule has 0 saturated heterocycles. The third-order valence-electron chi connectivity index (χ3n) is 2.73. The van der Waals surface area contributed by atoms with Crippen LogP contribution in [0, 0.1) is 0 Å². The van der Waals surface area contributed by atoms with Crippen LogP contribution in [0.1, 0.15) is 20.7 Å². The molecule has 0 aromatic heterocycles. The molecule has 0 unspecified atom stereocenters. The van der Waals surface area contributed by atoms with E-state index in [0.29, 0.717) is 0 Å². The molecule has 1 heterocycles. The summed E-state index contributed by atoms with van der Waals surface area (Å²) in [6, 6.07) is 6.20. The highest BCUT2D eigenvalue weighted by atomic mass is 16.4. The van der Waals surface area contributed by atoms with Crippen molar-refractivity contribution in [3.63, 3.8) is 0 Å². The molecule has 2 N–H and O–H groups in total. The van der Waals surface area contributed by atoms with Gasteiger partial charge in [0.15, 0.2) is 0 Å². The number of aliphatic carboxylic acids is 1. The van der Waals surface area contributed by atoms with E-state index in [-0.39, 0.29) is 11.1 Å². The number of fused-ring (bicyclic) bond motifs is 1. The van der Waals surface area contributed by atoms with Crippen LogP contribution in [0.2, 0.25) is 0 Å². The summed E-state index contributed by atoms with van der Waals surface area (Å²) in [6.45, 7) is 2.57. The highest BCUT2D eigenvalue weighted by molar-refractivity contribution is 6.22. The lowest BCUT2D eigenvalue weighted by molar-refractivity contribution is -0.134. The number of hydrogen-bond donors (Lipinski definition) is 2. The van der Waals surface area contributed by atoms with Crippen molar-refractivity contribution in [1.29, 1.82) is 0 Å². The first-order valence-electron chi connectivity index (χ1n) is 5.59. The van der Waals surface area contributed by atoms with Crippen molar-refractivity contribution in [2.75, 3.05) is 6.54 Å². The van der Waals surface area contributed by atoms with E-state index in [1.807, 2.05) is 5.32 Å². The van der Waals surface area contributed by atoms with E-state index >= 15 is 0 Å². The fourth-order valence-corrected chi connectivity index (χ4v) is 1.79. The van der Waals surface area contributed by atoms with Crippen LogP contribution in [0.4, 0.5) is 0 Å². The van der Waals surface area contributed by atoms with Gasteiger partial charge in [-0.3, -0.25) is 19.3 Å². The molecule has 1 aliphatic rings. The van der Waals surface area contributed by atoms with E-state index in [0.717, 1.165) is 4.90 Å². The number of carbonyl (C=O) groups is 4. The summed E-state index contributed by atoms with van der Waals surface area (Å²) in [5.74, 6) is -3.35. The topological polar surface area (TPSA) is 104 Å². The molecule has 0 fully saturated rings. The normalized spacial score (nSPS) is 13.1. The predicted molar refractivity (Wildman–Crippen MR) is 66.7 cm³/mol. The molecule has 0 bridgehead atoms. The van der Waals surface area contributed by atoms with Crippen LogP contribution in [-0.2, 0) is 9.59 Å². The molecule has 0 radical (unpaired) electrons. The lowest BCUT2D eigenvalue weighted by atomic mass is 10.1. The van der Waals surface area contributed by atoms with Gasteiger partial charge in [0.25, 0.3) is 11.8 Å². The van der Waals surface area contributed by atoms with Crippen LogP contribution in [0.5, 0.6) is 0 Å². The Morgan fingerprint density at radius 2 is 1.65 bits per heavy atom. The fraction of sp³-hybridized carbons (Fsp3) is 0.0769. The smallest absolute Gasteiger partial charge is 0.351 e. The van der Waals surface area contributed by atoms with Gasteiger partial charge in [-0.2, -0.15) is 0 Å². The first kappa shape index (κ1) is 13.5. The zero-order valence-electron chi connectivity index (χ0n) is 10.3. The van der Waals surface area contributed by atoms with Crippen LogP contribution in [0.3, 0.4) is 0 Å². The molecule has 1 aromatic carbocycles. The summed E-state index contributed by atoms with van der Waals surface area (Å²) in [6.07, 6.45) is 0. The molecule has 3 amide bonds. The lowest BCUT2D eigenvalue weighted by Crippen LogP contribution is -2.40. The standard InChI is InChI=1S/C13H10N2O5/c1-7(13(19)20)14-10(16)6-15-11(17)8-4-2-3-5-9(8)12(15)18/h2-5H,1,6H2,(H,14,16)(H,19,20). The molecule has 2 rings (SSSR count). The van der Waals surface area contributed by atoms with Crippen LogP contribution in [-0.4, -0.2) is 40.2 Å². The fourth-order valence-electron chi connectivity index (χ4n) is 1.79. The molecule has 0 aliphatic carbocycles. The van der Waals surface area contributed by atoms with Crippen molar-refractivity contribution >= 4 is 23.7 Å². The molecule has 0 atom stereocenters. The number of nitrogens with one attached hydrogen (secondary N) is 1. The minimum Gasteiger partial charge on any atom is -0.477 e. The zero-order chi connectivity index (χ0) is 14.9. The van der Waals surface area contributed by atoms with Crippen LogP contribution in [0.15, 0.2) is 36.5 Å². The van der Waals surface area contributed by atoms with E-state index < -0.39 is 35.9 Å². The average molecular weight is 274 g/mol. The monoisotopic (exact) mass is 274 g/mol. The van der Waals surface area contributed by atoms with Crippen LogP contribution in [0.25, 0.3) is 0 Å². The number of benzene rings is 1. The number of hydrogen-bond acceptors (Lipinski definition) is 4. The van der Waals surface area contributed by atoms with Crippen LogP contribution >= 0.6 is 0 Å². The average Bonchev–Trinajstić information content (AvgIpc) is 2.64. The molecule has 102 valence electrons. The maximum absolute atomic E-state index is 11.9. The van der Waals surface area contributed by atoms with Crippen molar-refractivity contribution in [2.45, 2.75) is 0 Å². The maximum atomic E-state index is 11.9. The van der Waals surface area contributed by atoms with Gasteiger partial charge in [-0.15, -0.1) is 0 Å². The van der Waals surface area contributed by atoms with E-state index in [4.69, 9.17) is 5.11 Å². The molecule has 7 nitrogen and oxygen atoms in total. The third-order valence-corrected chi connectivity index (χ3v) is 2.73. The van der Waals surface area contributed by atoms with Crippen LogP contribution < -0.4 is 5.32 Å². The number of carboxylic acids is 1. The highest BCUT2D eigenvalue weighted by Crippen LogP contribution is 2.21. The van der Waals surface area contributed by atoms with Crippen molar-refractivity contribution in [3.05, 3.63) is 47.7 Å². The van der Waals surface area contributed by atoms with Crippen molar-refractivity contribution in [3.8, 4) is 0 Å². The minimum atomic E-state index is -1.39. The molecular weight excluding hydrogens is 264 g/mol. The Labute approximate surface area is 113 Å². The molecule has 0 saturated carbocycles. The zero-order valence-corrected chi connectivity index (χ0v) is 10.3. The Kier molecular flexibility index (Phi) is 3.34. The lowest BCUT2D eigenvalue weighted by Gasteiger charge is -2.13. The van der Waals surface area contributed by atoms with E-state index in [1.165, 1.54) is 12.1 Å². The van der Waals surface area contributed by atoms with Gasteiger partial charge in [0.05, 0.1) is 11.1 Å². The van der Waals surface area contributed by atoms with Gasteiger partial charge in [-0.25, -0.2) is 4.79 Å². The summed E-state index contributed by atoms with van der Waals surface area (Å²) in [5, 5.41) is 10.6. The summed E-state index contributed by atoms with van der Waals surface area (Å²) in [7, 11) is 0. The van der Waals surface area contributed by atoms with Gasteiger partial charge in [0.1, 0.15) is 12.2 Å². The summed E-state index contributed by atoms with van der Waals surface area (Å²) >= 11 is 0. The van der Waals surface area contributed by atoms with E-state index in [1.54, 1.807) is 12.1 Å². The largest absolute Gasteiger partial charge is 0.477 e. The Morgan fingerprint density at radius 3 is 2.10 bits per heavy atom. The molecule has 20 heavy (non-hydrogen) atoms. The highest BCUT2D eigenvalue weighted by Gasteiger charge is 2.36. The molecule has 0 spiro atoms. The first-order chi connectivity index (χ1) is 9.41. The Bertz CT molecular complexity index is 615. The van der Waals surface area contributed by atoms with Gasteiger partial charge in [-0.1, -0.05) is 18.7 Å². The molecule has 1 aliphatic heterocycles. The third kappa shape index (κ3) is 2.28. The second-order valence-electron chi connectivity index (χ2n) is 4.07. The first-order valence-corrected chi connectivity index (χ1v) is 5.59. The molecule has 7 heteroatoms. The van der Waals surface area contributed by atoms with Gasteiger partial charge in [0.2, 0.25) is 5.91 Å². The second kappa shape index (κ2) is 4.96. The Morgan fingerprint density at radius 1 is 1.15 bits per heavy atom. The van der Waals surface area contributed by atoms with Crippen molar-refractivity contribution in [2.24, 2.45) is 0 Å². The van der Waals surface area contributed by atoms with E-state index in [2.05, 4.69) is 6.58 Å². The minimum absolute atomic E-state index is 0.224. The number of imide groups is 1. The van der Waals surface area contributed by atoms with Crippen molar-refractivity contribution < 1.29 is 24.3 Å². The quantitative estimate of drug-likeness (QED) is 0.594. The number of nitrogens with zero attached hydrogens (tertiary/aromatic N) is 1. The Balaban J connectivity index is 2.11. The van der Waals surface area contributed by atoms with E-state index in [9.17, 15) is 19.2 Å². The number of carboxylic acid groups (broad SMARTS) is 1.